The van der Waals surface area contributed by atoms with Crippen LogP contribution in [0.5, 0.6) is 34.5 Å². The molecule has 12 aromatic rings. The van der Waals surface area contributed by atoms with Crippen LogP contribution in [0.3, 0.4) is 0 Å². The van der Waals surface area contributed by atoms with Gasteiger partial charge in [-0.05, 0) is 205 Å². The van der Waals surface area contributed by atoms with E-state index in [1.165, 1.54) is 64.0 Å². The molecule has 2 amide bonds. The molecule has 6 fully saturated rings. The van der Waals surface area contributed by atoms with Crippen molar-refractivity contribution >= 4 is 100 Å². The summed E-state index contributed by atoms with van der Waals surface area (Å²) in [5.74, 6) is 2.49. The van der Waals surface area contributed by atoms with E-state index < -0.39 is 23.1 Å². The summed E-state index contributed by atoms with van der Waals surface area (Å²) in [6.45, 7) is 23.1. The van der Waals surface area contributed by atoms with Crippen LogP contribution in [0.4, 0.5) is 22.8 Å². The average molecular weight is 1770 g/mol. The van der Waals surface area contributed by atoms with Crippen LogP contribution in [0.25, 0.3) is 62.4 Å². The molecule has 3 aliphatic carbocycles. The molecule has 18 rings (SSSR count). The number of halogens is 3. The molecule has 0 radical (unpaired) electrons. The van der Waals surface area contributed by atoms with Crippen molar-refractivity contribution in [3.8, 4) is 66.2 Å². The van der Waals surface area contributed by atoms with E-state index >= 15 is 0 Å². The molecular weight excluding hydrogens is 1660 g/mol. The quantitative estimate of drug-likeness (QED) is 0.0477. The highest BCUT2D eigenvalue weighted by molar-refractivity contribution is 7.23. The van der Waals surface area contributed by atoms with Gasteiger partial charge in [0.15, 0.2) is 41.0 Å². The smallest absolute Gasteiger partial charge is 0.410 e. The lowest BCUT2D eigenvalue weighted by atomic mass is 10.0. The molecule has 0 spiro atoms. The van der Waals surface area contributed by atoms with Gasteiger partial charge in [-0.2, -0.15) is 0 Å². The van der Waals surface area contributed by atoms with Crippen LogP contribution in [0.2, 0.25) is 0 Å². The van der Waals surface area contributed by atoms with E-state index in [-0.39, 0.29) is 71.6 Å². The van der Waals surface area contributed by atoms with Crippen LogP contribution >= 0.6 is 34.0 Å². The molecule has 0 bridgehead atoms. The van der Waals surface area contributed by atoms with Crippen molar-refractivity contribution in [2.75, 3.05) is 78.5 Å². The van der Waals surface area contributed by atoms with E-state index in [1.54, 1.807) is 95.1 Å². The minimum Gasteiger partial charge on any atom is -0.453 e. The average Bonchev–Trinajstić information content (AvgIpc) is 1.65. The zero-order valence-electron chi connectivity index (χ0n) is 71.6. The van der Waals surface area contributed by atoms with Gasteiger partial charge in [-0.1, -0.05) is 30.3 Å². The molecule has 3 aromatic carbocycles. The lowest BCUT2D eigenvalue weighted by Gasteiger charge is -2.35. The maximum atomic E-state index is 15.0. The molecule has 12 heterocycles. The summed E-state index contributed by atoms with van der Waals surface area (Å²) in [5, 5.41) is 6.56. The summed E-state index contributed by atoms with van der Waals surface area (Å²) in [6, 6.07) is 37.0. The molecule has 3 saturated carbocycles. The number of carbonyl (C=O) groups excluding carboxylic acids is 6. The number of aldehydes is 1. The van der Waals surface area contributed by atoms with Crippen molar-refractivity contribution in [3.63, 3.8) is 0 Å². The molecule has 2 N–H and O–H groups in total. The monoisotopic (exact) mass is 1760 g/mol. The van der Waals surface area contributed by atoms with Crippen molar-refractivity contribution in [1.82, 2.24) is 60.1 Å². The summed E-state index contributed by atoms with van der Waals surface area (Å²) in [4.78, 5) is 109. The SMILES string of the molecule is CC(C)(C)OC(=O)N1CCN(Cc2ccc(-c3cc4nccc(Oc5ccc(CC(=O)CC6CC6)cc5F)c4s3)nc2)CC1.CC(C)(C)OC(=O)N1CCNCC1.O=C(Cc1ccc(Oc2ccnc3cc(-c4ccc(CN5CCNCC5)cn4)sc23)c(F)c1)CC1CC1.O=Cc1ccc(-c2cc3nccc(Oc4ccc(CC(=O)CC5CC5)cc4F)c3s2)nc1. The highest BCUT2D eigenvalue weighted by Gasteiger charge is 2.31. The lowest BCUT2D eigenvalue weighted by Crippen LogP contribution is -2.49. The van der Waals surface area contributed by atoms with E-state index in [0.717, 1.165) is 186 Å². The number of ether oxygens (including phenoxy) is 5. The summed E-state index contributed by atoms with van der Waals surface area (Å²) in [6.07, 6.45) is 19.9. The molecular formula is C97H103F3N12O11S3. The number of benzene rings is 3. The number of piperazine rings is 3. The molecule has 3 aliphatic heterocycles. The van der Waals surface area contributed by atoms with Crippen LogP contribution < -0.4 is 24.8 Å². The van der Waals surface area contributed by atoms with Gasteiger partial charge in [0.2, 0.25) is 0 Å². The predicted molar refractivity (Wildman–Crippen MR) is 483 cm³/mol. The molecule has 3 saturated heterocycles. The number of rotatable bonds is 26. The van der Waals surface area contributed by atoms with Crippen LogP contribution in [-0.2, 0) is 56.2 Å². The van der Waals surface area contributed by atoms with Crippen LogP contribution in [-0.4, -0.2) is 175 Å². The molecule has 23 nitrogen and oxygen atoms in total. The molecule has 0 atom stereocenters. The van der Waals surface area contributed by atoms with Gasteiger partial charge in [0.25, 0.3) is 0 Å². The maximum Gasteiger partial charge on any atom is 0.410 e. The summed E-state index contributed by atoms with van der Waals surface area (Å²) in [5.41, 5.74) is 8.58. The molecule has 0 unspecified atom stereocenters. The fraction of sp³-hybridized carbons (Fsp3) is 0.381. The Kier molecular flexibility index (Phi) is 29.1. The van der Waals surface area contributed by atoms with E-state index in [9.17, 15) is 41.9 Å². The van der Waals surface area contributed by atoms with Crippen molar-refractivity contribution in [3.05, 3.63) is 215 Å². The second-order valence-electron chi connectivity index (χ2n) is 34.8. The Morgan fingerprint density at radius 1 is 0.397 bits per heavy atom. The number of aromatic nitrogens is 6. The van der Waals surface area contributed by atoms with Crippen LogP contribution in [0, 0.1) is 35.2 Å². The number of Topliss-reactive ketones (excluding diaryl/α,β-unsaturated/α-hetero) is 3. The fourth-order valence-electron chi connectivity index (χ4n) is 14.7. The van der Waals surface area contributed by atoms with Gasteiger partial charge in [-0.3, -0.25) is 58.9 Å². The first-order chi connectivity index (χ1) is 60.8. The van der Waals surface area contributed by atoms with E-state index in [0.29, 0.717) is 95.1 Å². The molecule has 656 valence electrons. The van der Waals surface area contributed by atoms with Gasteiger partial charge in [-0.25, -0.2) is 22.8 Å². The van der Waals surface area contributed by atoms with E-state index in [2.05, 4.69) is 52.5 Å². The maximum absolute atomic E-state index is 15.0. The highest BCUT2D eigenvalue weighted by Crippen LogP contribution is 2.44. The largest absolute Gasteiger partial charge is 0.453 e. The Morgan fingerprint density at radius 3 is 1.05 bits per heavy atom. The third-order valence-corrected chi connectivity index (χ3v) is 25.2. The first-order valence-corrected chi connectivity index (χ1v) is 45.5. The third-order valence-electron chi connectivity index (χ3n) is 21.8. The molecule has 6 aliphatic rings. The van der Waals surface area contributed by atoms with Crippen LogP contribution in [0.15, 0.2) is 165 Å². The lowest BCUT2D eigenvalue weighted by molar-refractivity contribution is -0.119. The highest BCUT2D eigenvalue weighted by atomic mass is 32.1. The number of pyridine rings is 6. The number of fused-ring (bicyclic) bond motifs is 3. The van der Waals surface area contributed by atoms with Crippen molar-refractivity contribution in [2.45, 2.75) is 143 Å². The number of hydrogen-bond donors (Lipinski definition) is 2. The number of nitrogens with one attached hydrogen (secondary N) is 2. The number of ketones is 3. The van der Waals surface area contributed by atoms with E-state index in [1.807, 2.05) is 84.3 Å². The summed E-state index contributed by atoms with van der Waals surface area (Å²) < 4.78 is 75.6. The Morgan fingerprint density at radius 2 is 0.730 bits per heavy atom. The van der Waals surface area contributed by atoms with E-state index in [4.69, 9.17) is 33.7 Å². The van der Waals surface area contributed by atoms with Crippen LogP contribution in [0.1, 0.15) is 138 Å². The number of carbonyl (C=O) groups is 6. The molecule has 9 aromatic heterocycles. The fourth-order valence-corrected chi connectivity index (χ4v) is 17.8. The van der Waals surface area contributed by atoms with Crippen molar-refractivity contribution in [1.29, 1.82) is 0 Å². The standard InChI is InChI=1S/C34H37FN4O4S.C29H29FN4O2S.C25H19FN2O3S.C9H18N2O2/c1-34(2,3)43-33(41)39-14-12-38(13-15-39)21-24-6-8-27(37-20-24)31-19-28-32(44-31)30(10-11-36-28)42-29-9-7-23(18-26(29)35)17-25(40)16-22-4-5-22;30-23-15-20(14-22(35)13-19-1-2-19)4-6-26(23)36-27-7-8-32-25-16-28(37-29(25)27)24-5-3-21(17-33-24)18-34-11-9-31-10-12-34;26-19-11-16(10-18(30)9-15-1-2-15)4-6-22(19)31-23-7-8-27-21-12-24(32-25(21)23)20-5-3-17(14-29)13-28-20;1-9(2,3)13-8(12)11-6-4-10-5-7-11/h6-11,18-20,22H,4-5,12-17,21H2,1-3H3;3-8,15-17,19,31H,1-2,9-14,18H2;3-8,11-15H,1-2,9-10H2;10H,4-7H2,1-3H3. The van der Waals surface area contributed by atoms with Crippen molar-refractivity contribution in [2.24, 2.45) is 17.8 Å². The first kappa shape index (κ1) is 89.5. The summed E-state index contributed by atoms with van der Waals surface area (Å²) >= 11 is 4.46. The molecule has 29 heteroatoms. The Labute approximate surface area is 742 Å². The predicted octanol–water partition coefficient (Wildman–Crippen LogP) is 19.7. The molecule has 126 heavy (non-hydrogen) atoms. The Balaban J connectivity index is 0.000000137. The Hall–Kier alpha value is -11.3. The van der Waals surface area contributed by atoms with Gasteiger partial charge in [0, 0.05) is 191 Å². The number of hydrogen-bond acceptors (Lipinski definition) is 24. The number of amides is 2. The van der Waals surface area contributed by atoms with Gasteiger partial charge in [-0.15, -0.1) is 34.0 Å². The number of thiophene rings is 3. The van der Waals surface area contributed by atoms with Gasteiger partial charge < -0.3 is 44.1 Å². The zero-order valence-corrected chi connectivity index (χ0v) is 74.1. The van der Waals surface area contributed by atoms with Gasteiger partial charge in [0.05, 0.1) is 62.4 Å². The zero-order chi connectivity index (χ0) is 88.0. The first-order valence-electron chi connectivity index (χ1n) is 43.0. The normalized spacial score (nSPS) is 15.6. The number of nitrogens with zero attached hydrogens (tertiary/aromatic N) is 10. The summed E-state index contributed by atoms with van der Waals surface area (Å²) in [7, 11) is 0. The second-order valence-corrected chi connectivity index (χ2v) is 37.9. The Bertz CT molecular complexity index is 5850. The van der Waals surface area contributed by atoms with Gasteiger partial charge >= 0.3 is 12.2 Å². The third kappa shape index (κ3) is 25.5. The minimum absolute atomic E-state index is 0.0966. The second kappa shape index (κ2) is 41.0. The van der Waals surface area contributed by atoms with Gasteiger partial charge in [0.1, 0.15) is 45.8 Å². The topological polar surface area (TPSA) is 263 Å². The minimum atomic E-state index is -0.505. The van der Waals surface area contributed by atoms with Crippen molar-refractivity contribution < 1.29 is 65.6 Å².